The van der Waals surface area contributed by atoms with Gasteiger partial charge in [0.25, 0.3) is 0 Å². The Kier molecular flexibility index (Phi) is 10.4. The zero-order chi connectivity index (χ0) is 16.3. The Balaban J connectivity index is 0.00000288. The quantitative estimate of drug-likeness (QED) is 0.360. The third kappa shape index (κ3) is 7.04. The number of guanidine groups is 1. The molecule has 0 bridgehead atoms. The van der Waals surface area contributed by atoms with Crippen LogP contribution < -0.4 is 15.4 Å². The van der Waals surface area contributed by atoms with Gasteiger partial charge in [0.1, 0.15) is 0 Å². The van der Waals surface area contributed by atoms with Crippen molar-refractivity contribution in [3.63, 3.8) is 0 Å². The average molecular weight is 460 g/mol. The highest BCUT2D eigenvalue weighted by Crippen LogP contribution is 2.14. The van der Waals surface area contributed by atoms with Crippen molar-refractivity contribution in [1.29, 1.82) is 0 Å². The van der Waals surface area contributed by atoms with E-state index < -0.39 is 0 Å². The number of nitrogens with zero attached hydrogens (tertiary/aromatic N) is 2. The predicted octanol–water partition coefficient (Wildman–Crippen LogP) is 3.46. The van der Waals surface area contributed by atoms with Gasteiger partial charge in [0.15, 0.2) is 5.96 Å². The highest BCUT2D eigenvalue weighted by atomic mass is 127. The van der Waals surface area contributed by atoms with Crippen LogP contribution in [-0.2, 0) is 13.0 Å². The van der Waals surface area contributed by atoms with Gasteiger partial charge in [-0.2, -0.15) is 0 Å². The van der Waals surface area contributed by atoms with E-state index in [4.69, 9.17) is 4.74 Å². The van der Waals surface area contributed by atoms with E-state index in [1.165, 1.54) is 4.88 Å². The highest BCUT2D eigenvalue weighted by molar-refractivity contribution is 14.0. The number of nitrogens with one attached hydrogen (secondary N) is 2. The number of rotatable bonds is 8. The van der Waals surface area contributed by atoms with Crippen molar-refractivity contribution in [2.75, 3.05) is 20.2 Å². The van der Waals surface area contributed by atoms with Crippen molar-refractivity contribution in [2.24, 2.45) is 4.99 Å². The van der Waals surface area contributed by atoms with E-state index in [1.54, 1.807) is 24.6 Å². The summed E-state index contributed by atoms with van der Waals surface area (Å²) in [5.41, 5.74) is 1.03. The molecule has 2 aromatic heterocycles. The molecular formula is C17H25IN4OS. The molecule has 0 saturated heterocycles. The van der Waals surface area contributed by atoms with Crippen LogP contribution in [0.2, 0.25) is 0 Å². The first-order chi connectivity index (χ1) is 11.3. The first-order valence-corrected chi connectivity index (χ1v) is 8.75. The minimum absolute atomic E-state index is 0. The molecule has 132 valence electrons. The molecule has 0 aromatic carbocycles. The van der Waals surface area contributed by atoms with Crippen LogP contribution in [0, 0.1) is 0 Å². The fourth-order valence-corrected chi connectivity index (χ4v) is 2.75. The van der Waals surface area contributed by atoms with Crippen molar-refractivity contribution < 1.29 is 4.74 Å². The number of aromatic nitrogens is 1. The van der Waals surface area contributed by atoms with Gasteiger partial charge < -0.3 is 15.4 Å². The Morgan fingerprint density at radius 3 is 2.88 bits per heavy atom. The van der Waals surface area contributed by atoms with Gasteiger partial charge in [-0.1, -0.05) is 19.1 Å². The van der Waals surface area contributed by atoms with E-state index in [2.05, 4.69) is 45.0 Å². The summed E-state index contributed by atoms with van der Waals surface area (Å²) in [6.07, 6.45) is 3.72. The molecule has 24 heavy (non-hydrogen) atoms. The molecule has 2 rings (SSSR count). The molecule has 0 aliphatic carbocycles. The average Bonchev–Trinajstić information content (AvgIpc) is 3.10. The van der Waals surface area contributed by atoms with Gasteiger partial charge in [-0.3, -0.25) is 4.99 Å². The molecule has 0 spiro atoms. The Bertz CT molecular complexity index is 604. The van der Waals surface area contributed by atoms with Crippen LogP contribution >= 0.6 is 35.3 Å². The maximum Gasteiger partial charge on any atom is 0.218 e. The summed E-state index contributed by atoms with van der Waals surface area (Å²) in [6.45, 7) is 4.25. The minimum atomic E-state index is 0. The molecule has 2 aromatic rings. The standard InChI is InChI=1S/C17H24N4OS.HI/c1-3-11-22-16-14(6-4-9-19-16)13-21-17(18-2)20-10-8-15-7-5-12-23-15;/h4-7,9,12H,3,8,10-11,13H2,1-2H3,(H2,18,20,21);1H. The smallest absolute Gasteiger partial charge is 0.218 e. The minimum Gasteiger partial charge on any atom is -0.477 e. The maximum absolute atomic E-state index is 5.67. The van der Waals surface area contributed by atoms with Crippen LogP contribution in [0.15, 0.2) is 40.8 Å². The second kappa shape index (κ2) is 12.1. The van der Waals surface area contributed by atoms with Crippen LogP contribution in [0.3, 0.4) is 0 Å². The normalized spacial score (nSPS) is 10.8. The van der Waals surface area contributed by atoms with Crippen LogP contribution in [0.1, 0.15) is 23.8 Å². The monoisotopic (exact) mass is 460 g/mol. The third-order valence-electron chi connectivity index (χ3n) is 3.21. The first kappa shape index (κ1) is 20.7. The number of hydrogen-bond donors (Lipinski definition) is 2. The molecule has 2 heterocycles. The number of halogens is 1. The molecule has 0 amide bonds. The molecule has 0 atom stereocenters. The summed E-state index contributed by atoms with van der Waals surface area (Å²) in [5, 5.41) is 8.73. The van der Waals surface area contributed by atoms with Gasteiger partial charge in [-0.05, 0) is 30.4 Å². The lowest BCUT2D eigenvalue weighted by molar-refractivity contribution is 0.301. The molecule has 7 heteroatoms. The topological polar surface area (TPSA) is 58.5 Å². The lowest BCUT2D eigenvalue weighted by Gasteiger charge is -2.13. The van der Waals surface area contributed by atoms with Crippen molar-refractivity contribution in [2.45, 2.75) is 26.3 Å². The lowest BCUT2D eigenvalue weighted by atomic mass is 10.2. The Hall–Kier alpha value is -1.35. The number of aliphatic imine (C=N–C) groups is 1. The SMILES string of the molecule is CCCOc1ncccc1CNC(=NC)NCCc1cccs1.I. The zero-order valence-corrected chi connectivity index (χ0v) is 17.3. The van der Waals surface area contributed by atoms with E-state index in [0.717, 1.165) is 30.9 Å². The zero-order valence-electron chi connectivity index (χ0n) is 14.1. The second-order valence-electron chi connectivity index (χ2n) is 5.00. The summed E-state index contributed by atoms with van der Waals surface area (Å²) in [5.74, 6) is 1.47. The van der Waals surface area contributed by atoms with Crippen molar-refractivity contribution in [3.8, 4) is 5.88 Å². The molecule has 0 aliphatic heterocycles. The van der Waals surface area contributed by atoms with E-state index in [9.17, 15) is 0 Å². The highest BCUT2D eigenvalue weighted by Gasteiger charge is 2.05. The number of pyridine rings is 1. The molecule has 2 N–H and O–H groups in total. The van der Waals surface area contributed by atoms with Crippen LogP contribution in [0.25, 0.3) is 0 Å². The number of hydrogen-bond acceptors (Lipinski definition) is 4. The summed E-state index contributed by atoms with van der Waals surface area (Å²) in [7, 11) is 1.78. The van der Waals surface area contributed by atoms with Gasteiger partial charge >= 0.3 is 0 Å². The van der Waals surface area contributed by atoms with Gasteiger partial charge in [0.2, 0.25) is 5.88 Å². The van der Waals surface area contributed by atoms with Crippen LogP contribution in [0.4, 0.5) is 0 Å². The number of thiophene rings is 1. The van der Waals surface area contributed by atoms with Crippen molar-refractivity contribution in [1.82, 2.24) is 15.6 Å². The van der Waals surface area contributed by atoms with Crippen molar-refractivity contribution >= 4 is 41.3 Å². The van der Waals surface area contributed by atoms with Gasteiger partial charge in [0.05, 0.1) is 6.61 Å². The van der Waals surface area contributed by atoms with Crippen LogP contribution in [0.5, 0.6) is 5.88 Å². The van der Waals surface area contributed by atoms with E-state index >= 15 is 0 Å². The lowest BCUT2D eigenvalue weighted by Crippen LogP contribution is -2.37. The Labute approximate surface area is 165 Å². The Morgan fingerprint density at radius 1 is 1.29 bits per heavy atom. The van der Waals surface area contributed by atoms with Crippen molar-refractivity contribution in [3.05, 3.63) is 46.3 Å². The molecule has 0 aliphatic rings. The fraction of sp³-hybridized carbons (Fsp3) is 0.412. The first-order valence-electron chi connectivity index (χ1n) is 7.87. The van der Waals surface area contributed by atoms with E-state index in [1.807, 2.05) is 12.1 Å². The third-order valence-corrected chi connectivity index (χ3v) is 4.14. The van der Waals surface area contributed by atoms with Gasteiger partial charge in [-0.25, -0.2) is 4.98 Å². The summed E-state index contributed by atoms with van der Waals surface area (Å²) in [6, 6.07) is 8.16. The van der Waals surface area contributed by atoms with E-state index in [-0.39, 0.29) is 24.0 Å². The molecule has 0 unspecified atom stereocenters. The second-order valence-corrected chi connectivity index (χ2v) is 6.03. The molecular weight excluding hydrogens is 435 g/mol. The fourth-order valence-electron chi connectivity index (χ4n) is 2.05. The maximum atomic E-state index is 5.67. The molecule has 5 nitrogen and oxygen atoms in total. The largest absolute Gasteiger partial charge is 0.477 e. The predicted molar refractivity (Wildman–Crippen MR) is 112 cm³/mol. The van der Waals surface area contributed by atoms with E-state index in [0.29, 0.717) is 19.0 Å². The summed E-state index contributed by atoms with van der Waals surface area (Å²) < 4.78 is 5.67. The summed E-state index contributed by atoms with van der Waals surface area (Å²) in [4.78, 5) is 9.92. The molecule has 0 radical (unpaired) electrons. The molecule has 0 fully saturated rings. The molecule has 0 saturated carbocycles. The Morgan fingerprint density at radius 2 is 2.17 bits per heavy atom. The van der Waals surface area contributed by atoms with Gasteiger partial charge in [0, 0.05) is 36.8 Å². The number of ether oxygens (including phenoxy) is 1. The summed E-state index contributed by atoms with van der Waals surface area (Å²) >= 11 is 1.78. The van der Waals surface area contributed by atoms with Crippen LogP contribution in [-0.4, -0.2) is 31.1 Å². The van der Waals surface area contributed by atoms with Gasteiger partial charge in [-0.15, -0.1) is 35.3 Å².